The maximum absolute atomic E-state index is 13.3. The van der Waals surface area contributed by atoms with Crippen molar-refractivity contribution >= 4 is 28.9 Å². The standard InChI is InChI=1S/C28H33N5O3/c1-18-16-32(17-21-7-4-3-5-8-21)27(35)19(2)33(18)28-30-25-22(9-6-10-23(25)36-28)26(34)29-24-15-20-11-13-31(24)14-12-20/h3-10,18-20,24H,11-17H2,1-2H3,(H,29,34)/t18-,19-,24-/m0/s1. The number of aromatic nitrogens is 1. The van der Waals surface area contributed by atoms with Crippen molar-refractivity contribution < 1.29 is 14.0 Å². The van der Waals surface area contributed by atoms with Gasteiger partial charge in [-0.1, -0.05) is 36.4 Å². The third-order valence-electron chi connectivity index (χ3n) is 8.08. The predicted octanol–water partition coefficient (Wildman–Crippen LogP) is 3.63. The van der Waals surface area contributed by atoms with Gasteiger partial charge in [-0.25, -0.2) is 0 Å². The summed E-state index contributed by atoms with van der Waals surface area (Å²) in [7, 11) is 0. The second-order valence-electron chi connectivity index (χ2n) is 10.5. The Morgan fingerprint density at radius 3 is 2.58 bits per heavy atom. The normalized spacial score (nSPS) is 28.1. The lowest BCUT2D eigenvalue weighted by Crippen LogP contribution is -2.60. The van der Waals surface area contributed by atoms with Crippen LogP contribution >= 0.6 is 0 Å². The molecule has 3 atom stereocenters. The van der Waals surface area contributed by atoms with E-state index in [1.165, 1.54) is 12.8 Å². The van der Waals surface area contributed by atoms with Crippen LogP contribution in [-0.4, -0.2) is 64.5 Å². The Labute approximate surface area is 211 Å². The number of amides is 2. The highest BCUT2D eigenvalue weighted by atomic mass is 16.4. The van der Waals surface area contributed by atoms with Gasteiger partial charge in [0.15, 0.2) is 5.58 Å². The molecule has 5 heterocycles. The molecule has 0 radical (unpaired) electrons. The van der Waals surface area contributed by atoms with E-state index in [4.69, 9.17) is 9.40 Å². The van der Waals surface area contributed by atoms with Crippen molar-refractivity contribution in [3.8, 4) is 0 Å². The van der Waals surface area contributed by atoms with Crippen molar-refractivity contribution in [2.45, 2.75) is 57.9 Å². The van der Waals surface area contributed by atoms with E-state index < -0.39 is 6.04 Å². The van der Waals surface area contributed by atoms with Crippen LogP contribution in [0.2, 0.25) is 0 Å². The number of piperazine rings is 1. The first-order valence-corrected chi connectivity index (χ1v) is 13.0. The first-order valence-electron chi connectivity index (χ1n) is 13.0. The third-order valence-corrected chi connectivity index (χ3v) is 8.08. The second kappa shape index (κ2) is 9.24. The molecule has 4 aliphatic heterocycles. The SMILES string of the molecule is C[C@H]1CN(Cc2ccccc2)C(=O)[C@H](C)N1c1nc2c(C(=O)N[C@@H]3CC4CCN3CC4)cccc2o1. The van der Waals surface area contributed by atoms with Crippen LogP contribution in [0.15, 0.2) is 52.9 Å². The van der Waals surface area contributed by atoms with E-state index in [1.807, 2.05) is 59.2 Å². The fourth-order valence-corrected chi connectivity index (χ4v) is 6.14. The number of rotatable bonds is 5. The zero-order chi connectivity index (χ0) is 24.8. The molecule has 188 valence electrons. The van der Waals surface area contributed by atoms with Crippen molar-refractivity contribution in [2.24, 2.45) is 5.92 Å². The average molecular weight is 488 g/mol. The van der Waals surface area contributed by atoms with E-state index in [1.54, 1.807) is 6.07 Å². The van der Waals surface area contributed by atoms with Crippen LogP contribution in [0, 0.1) is 5.92 Å². The molecule has 36 heavy (non-hydrogen) atoms. The number of fused-ring (bicyclic) bond motifs is 4. The van der Waals surface area contributed by atoms with Gasteiger partial charge in [-0.3, -0.25) is 14.5 Å². The summed E-state index contributed by atoms with van der Waals surface area (Å²) >= 11 is 0. The fraction of sp³-hybridized carbons (Fsp3) is 0.464. The van der Waals surface area contributed by atoms with Gasteiger partial charge < -0.3 is 19.5 Å². The van der Waals surface area contributed by atoms with E-state index >= 15 is 0 Å². The molecule has 1 aromatic heterocycles. The molecule has 8 nitrogen and oxygen atoms in total. The molecule has 0 unspecified atom stereocenters. The maximum Gasteiger partial charge on any atom is 0.299 e. The number of benzene rings is 2. The number of hydrogen-bond donors (Lipinski definition) is 1. The highest BCUT2D eigenvalue weighted by Crippen LogP contribution is 2.32. The van der Waals surface area contributed by atoms with Crippen LogP contribution in [0.5, 0.6) is 0 Å². The molecule has 0 saturated carbocycles. The molecule has 3 aromatic rings. The van der Waals surface area contributed by atoms with Gasteiger partial charge in [0.05, 0.1) is 11.7 Å². The number of carbonyl (C=O) groups is 2. The van der Waals surface area contributed by atoms with Crippen LogP contribution in [0.4, 0.5) is 6.01 Å². The third kappa shape index (κ3) is 4.13. The van der Waals surface area contributed by atoms with Crippen LogP contribution in [0.1, 0.15) is 49.0 Å². The Balaban J connectivity index is 1.22. The number of piperidine rings is 3. The predicted molar refractivity (Wildman–Crippen MR) is 137 cm³/mol. The molecule has 2 bridgehead atoms. The van der Waals surface area contributed by atoms with Crippen molar-refractivity contribution in [3.05, 3.63) is 59.7 Å². The summed E-state index contributed by atoms with van der Waals surface area (Å²) in [4.78, 5) is 37.5. The molecule has 8 heteroatoms. The number of hydrogen-bond acceptors (Lipinski definition) is 6. The zero-order valence-electron chi connectivity index (χ0n) is 20.9. The number of anilines is 1. The van der Waals surface area contributed by atoms with Crippen LogP contribution < -0.4 is 10.2 Å². The molecule has 2 amide bonds. The summed E-state index contributed by atoms with van der Waals surface area (Å²) < 4.78 is 6.13. The quantitative estimate of drug-likeness (QED) is 0.592. The van der Waals surface area contributed by atoms with Gasteiger partial charge in [0.2, 0.25) is 5.91 Å². The summed E-state index contributed by atoms with van der Waals surface area (Å²) in [6.07, 6.45) is 3.54. The molecule has 4 fully saturated rings. The molecule has 4 saturated heterocycles. The summed E-state index contributed by atoms with van der Waals surface area (Å²) in [5.41, 5.74) is 2.72. The number of oxazole rings is 1. The lowest BCUT2D eigenvalue weighted by Gasteiger charge is -2.45. The minimum atomic E-state index is -0.423. The highest BCUT2D eigenvalue weighted by molar-refractivity contribution is 6.05. The van der Waals surface area contributed by atoms with E-state index in [0.29, 0.717) is 41.7 Å². The topological polar surface area (TPSA) is 81.9 Å². The summed E-state index contributed by atoms with van der Waals surface area (Å²) in [5, 5.41) is 3.23. The second-order valence-corrected chi connectivity index (χ2v) is 10.5. The molecule has 7 rings (SSSR count). The number of carbonyl (C=O) groups excluding carboxylic acids is 2. The molecular weight excluding hydrogens is 454 g/mol. The Bertz CT molecular complexity index is 1270. The van der Waals surface area contributed by atoms with E-state index in [2.05, 4.69) is 17.1 Å². The Morgan fingerprint density at radius 1 is 1.08 bits per heavy atom. The first kappa shape index (κ1) is 23.0. The van der Waals surface area contributed by atoms with Crippen LogP contribution in [-0.2, 0) is 11.3 Å². The minimum Gasteiger partial charge on any atom is -0.423 e. The smallest absolute Gasteiger partial charge is 0.299 e. The summed E-state index contributed by atoms with van der Waals surface area (Å²) in [6, 6.07) is 15.5. The summed E-state index contributed by atoms with van der Waals surface area (Å²) in [6.45, 7) is 7.23. The van der Waals surface area contributed by atoms with Gasteiger partial charge in [0, 0.05) is 32.2 Å². The molecule has 0 spiro atoms. The maximum atomic E-state index is 13.3. The Hall–Kier alpha value is -3.39. The van der Waals surface area contributed by atoms with E-state index in [9.17, 15) is 9.59 Å². The van der Waals surface area contributed by atoms with Gasteiger partial charge in [0.1, 0.15) is 11.6 Å². The van der Waals surface area contributed by atoms with Crippen molar-refractivity contribution in [2.75, 3.05) is 24.5 Å². The van der Waals surface area contributed by atoms with Crippen molar-refractivity contribution in [3.63, 3.8) is 0 Å². The van der Waals surface area contributed by atoms with E-state index in [-0.39, 0.29) is 24.0 Å². The minimum absolute atomic E-state index is 0.0114. The van der Waals surface area contributed by atoms with Gasteiger partial charge >= 0.3 is 0 Å². The van der Waals surface area contributed by atoms with E-state index in [0.717, 1.165) is 25.1 Å². The number of nitrogens with zero attached hydrogens (tertiary/aromatic N) is 4. The lowest BCUT2D eigenvalue weighted by atomic mass is 9.86. The van der Waals surface area contributed by atoms with Crippen LogP contribution in [0.25, 0.3) is 11.1 Å². The molecule has 2 aromatic carbocycles. The van der Waals surface area contributed by atoms with Gasteiger partial charge in [0.25, 0.3) is 11.9 Å². The van der Waals surface area contributed by atoms with Crippen LogP contribution in [0.3, 0.4) is 0 Å². The number of nitrogens with one attached hydrogen (secondary N) is 1. The average Bonchev–Trinajstić information content (AvgIpc) is 3.32. The monoisotopic (exact) mass is 487 g/mol. The van der Waals surface area contributed by atoms with Gasteiger partial charge in [-0.05, 0) is 56.7 Å². The molecule has 0 aliphatic carbocycles. The molecule has 1 N–H and O–H groups in total. The lowest BCUT2D eigenvalue weighted by molar-refractivity contribution is -0.135. The highest BCUT2D eigenvalue weighted by Gasteiger charge is 2.39. The largest absolute Gasteiger partial charge is 0.423 e. The fourth-order valence-electron chi connectivity index (χ4n) is 6.14. The first-order chi connectivity index (χ1) is 17.5. The Kier molecular flexibility index (Phi) is 5.91. The van der Waals surface area contributed by atoms with Crippen molar-refractivity contribution in [1.82, 2.24) is 20.1 Å². The Morgan fingerprint density at radius 2 is 1.86 bits per heavy atom. The number of para-hydroxylation sites is 1. The summed E-state index contributed by atoms with van der Waals surface area (Å²) in [5.74, 6) is 0.622. The molecular formula is C28H33N5O3. The van der Waals surface area contributed by atoms with Gasteiger partial charge in [-0.15, -0.1) is 0 Å². The zero-order valence-corrected chi connectivity index (χ0v) is 20.9. The molecule has 4 aliphatic rings. The van der Waals surface area contributed by atoms with Gasteiger partial charge in [-0.2, -0.15) is 4.98 Å². The van der Waals surface area contributed by atoms with Crippen molar-refractivity contribution in [1.29, 1.82) is 0 Å².